The minimum Gasteiger partial charge on any atom is -0.481 e. The Morgan fingerprint density at radius 3 is 2.53 bits per heavy atom. The number of ether oxygens (including phenoxy) is 1. The number of amides is 1. The normalized spacial score (nSPS) is 23.7. The average Bonchev–Trinajstić information content (AvgIpc) is 2.67. The minimum absolute atomic E-state index is 0.0838. The molecule has 1 N–H and O–H groups in total. The molecule has 0 spiro atoms. The lowest BCUT2D eigenvalue weighted by Crippen LogP contribution is -2.35. The number of carboxylic acids is 1. The number of hydrogen-bond donors (Lipinski definition) is 1. The zero-order valence-corrected chi connectivity index (χ0v) is 10.5. The van der Waals surface area contributed by atoms with E-state index < -0.39 is 24.2 Å². The van der Waals surface area contributed by atoms with Crippen molar-refractivity contribution in [1.29, 1.82) is 0 Å². The second kappa shape index (κ2) is 5.77. The van der Waals surface area contributed by atoms with Crippen molar-refractivity contribution in [2.24, 2.45) is 5.41 Å². The number of hydrogen-bond acceptors (Lipinski definition) is 3. The summed E-state index contributed by atoms with van der Waals surface area (Å²) >= 11 is 0. The highest BCUT2D eigenvalue weighted by Crippen LogP contribution is 2.30. The smallest absolute Gasteiger partial charge is 0.411 e. The monoisotopic (exact) mass is 283 g/mol. The van der Waals surface area contributed by atoms with Crippen LogP contribution in [0.2, 0.25) is 0 Å². The van der Waals surface area contributed by atoms with E-state index in [0.717, 1.165) is 0 Å². The summed E-state index contributed by atoms with van der Waals surface area (Å²) in [6.07, 6.45) is -4.23. The number of nitrogens with zero attached hydrogens (tertiary/aromatic N) is 1. The van der Waals surface area contributed by atoms with E-state index >= 15 is 0 Å². The zero-order chi connectivity index (χ0) is 14.7. The van der Waals surface area contributed by atoms with Gasteiger partial charge >= 0.3 is 12.1 Å². The molecule has 110 valence electrons. The Balaban J connectivity index is 2.31. The lowest BCUT2D eigenvalue weighted by Gasteiger charge is -2.20. The first kappa shape index (κ1) is 15.7. The molecular formula is C11H16F3NO4. The number of halogens is 3. The molecule has 0 aromatic carbocycles. The molecule has 1 aliphatic heterocycles. The van der Waals surface area contributed by atoms with E-state index in [-0.39, 0.29) is 25.5 Å². The molecule has 0 aliphatic carbocycles. The van der Waals surface area contributed by atoms with Gasteiger partial charge in [0.25, 0.3) is 0 Å². The number of likely N-dealkylation sites (tertiary alicyclic amines) is 1. The molecule has 0 aromatic rings. The quantitative estimate of drug-likeness (QED) is 0.772. The van der Waals surface area contributed by atoms with Crippen LogP contribution < -0.4 is 0 Å². The van der Waals surface area contributed by atoms with Gasteiger partial charge < -0.3 is 14.7 Å². The molecule has 1 heterocycles. The van der Waals surface area contributed by atoms with Crippen molar-refractivity contribution < 1.29 is 32.6 Å². The second-order valence-electron chi connectivity index (χ2n) is 4.85. The van der Waals surface area contributed by atoms with Gasteiger partial charge in [0.2, 0.25) is 5.91 Å². The predicted octanol–water partition coefficient (Wildman–Crippen LogP) is 1.28. The van der Waals surface area contributed by atoms with Crippen LogP contribution in [0.1, 0.15) is 19.8 Å². The molecule has 0 unspecified atom stereocenters. The van der Waals surface area contributed by atoms with Crippen molar-refractivity contribution in [3.63, 3.8) is 0 Å². The standard InChI is InChI=1S/C11H16F3NO4/c1-10(9(17)18)3-4-15(6-10)8(16)2-5-19-7-11(12,13)14/h2-7H2,1H3,(H,17,18)/t10-/m0/s1. The van der Waals surface area contributed by atoms with Gasteiger partial charge in [0.15, 0.2) is 0 Å². The maximum atomic E-state index is 11.8. The summed E-state index contributed by atoms with van der Waals surface area (Å²) in [6.45, 7) is 0.232. The molecule has 1 amide bonds. The van der Waals surface area contributed by atoms with Gasteiger partial charge in [-0.15, -0.1) is 0 Å². The van der Waals surface area contributed by atoms with E-state index in [9.17, 15) is 22.8 Å². The van der Waals surface area contributed by atoms with Crippen LogP contribution in [0.4, 0.5) is 13.2 Å². The molecule has 0 radical (unpaired) electrons. The van der Waals surface area contributed by atoms with Gasteiger partial charge in [-0.05, 0) is 13.3 Å². The number of carbonyl (C=O) groups is 2. The van der Waals surface area contributed by atoms with Gasteiger partial charge in [-0.1, -0.05) is 0 Å². The lowest BCUT2D eigenvalue weighted by molar-refractivity contribution is -0.175. The number of rotatable bonds is 5. The summed E-state index contributed by atoms with van der Waals surface area (Å²) in [5.74, 6) is -1.36. The van der Waals surface area contributed by atoms with Crippen molar-refractivity contribution in [3.8, 4) is 0 Å². The summed E-state index contributed by atoms with van der Waals surface area (Å²) in [4.78, 5) is 24.0. The van der Waals surface area contributed by atoms with Crippen LogP contribution in [-0.4, -0.2) is 54.4 Å². The van der Waals surface area contributed by atoms with Crippen LogP contribution >= 0.6 is 0 Å². The fraction of sp³-hybridized carbons (Fsp3) is 0.818. The van der Waals surface area contributed by atoms with Crippen LogP contribution in [0.3, 0.4) is 0 Å². The second-order valence-corrected chi connectivity index (χ2v) is 4.85. The lowest BCUT2D eigenvalue weighted by atomic mass is 9.90. The molecule has 19 heavy (non-hydrogen) atoms. The van der Waals surface area contributed by atoms with E-state index in [4.69, 9.17) is 5.11 Å². The van der Waals surface area contributed by atoms with Crippen LogP contribution in [0, 0.1) is 5.41 Å². The predicted molar refractivity (Wildman–Crippen MR) is 58.4 cm³/mol. The van der Waals surface area contributed by atoms with Gasteiger partial charge in [-0.3, -0.25) is 9.59 Å². The van der Waals surface area contributed by atoms with Crippen molar-refractivity contribution in [2.75, 3.05) is 26.3 Å². The number of carboxylic acid groups (broad SMARTS) is 1. The highest BCUT2D eigenvalue weighted by atomic mass is 19.4. The molecule has 0 saturated carbocycles. The first-order valence-electron chi connectivity index (χ1n) is 5.80. The topological polar surface area (TPSA) is 66.8 Å². The van der Waals surface area contributed by atoms with E-state index in [1.807, 2.05) is 0 Å². The molecule has 0 aromatic heterocycles. The maximum absolute atomic E-state index is 11.8. The first-order chi connectivity index (χ1) is 8.64. The van der Waals surface area contributed by atoms with Crippen molar-refractivity contribution in [2.45, 2.75) is 25.9 Å². The third-order valence-corrected chi connectivity index (χ3v) is 3.07. The number of carbonyl (C=O) groups excluding carboxylic acids is 1. The molecule has 1 rings (SSSR count). The highest BCUT2D eigenvalue weighted by Gasteiger charge is 2.41. The van der Waals surface area contributed by atoms with Crippen LogP contribution in [0.5, 0.6) is 0 Å². The van der Waals surface area contributed by atoms with Gasteiger partial charge in [-0.25, -0.2) is 0 Å². The fourth-order valence-electron chi connectivity index (χ4n) is 1.85. The van der Waals surface area contributed by atoms with Crippen LogP contribution in [0.15, 0.2) is 0 Å². The fourth-order valence-corrected chi connectivity index (χ4v) is 1.85. The van der Waals surface area contributed by atoms with E-state index in [0.29, 0.717) is 13.0 Å². The largest absolute Gasteiger partial charge is 0.481 e. The number of aliphatic carboxylic acids is 1. The first-order valence-corrected chi connectivity index (χ1v) is 5.80. The Bertz CT molecular complexity index is 358. The summed E-state index contributed by atoms with van der Waals surface area (Å²) in [6, 6.07) is 0. The number of alkyl halides is 3. The van der Waals surface area contributed by atoms with Crippen molar-refractivity contribution >= 4 is 11.9 Å². The van der Waals surface area contributed by atoms with Crippen molar-refractivity contribution in [1.82, 2.24) is 4.90 Å². The average molecular weight is 283 g/mol. The zero-order valence-electron chi connectivity index (χ0n) is 10.5. The highest BCUT2D eigenvalue weighted by molar-refractivity contribution is 5.80. The molecule has 1 saturated heterocycles. The van der Waals surface area contributed by atoms with Gasteiger partial charge in [0.1, 0.15) is 6.61 Å². The summed E-state index contributed by atoms with van der Waals surface area (Å²) in [5, 5.41) is 8.99. The van der Waals surface area contributed by atoms with Crippen LogP contribution in [0.25, 0.3) is 0 Å². The van der Waals surface area contributed by atoms with E-state index in [1.165, 1.54) is 4.90 Å². The molecule has 0 bridgehead atoms. The third-order valence-electron chi connectivity index (χ3n) is 3.07. The maximum Gasteiger partial charge on any atom is 0.411 e. The van der Waals surface area contributed by atoms with Gasteiger partial charge in [0.05, 0.1) is 18.4 Å². The summed E-state index contributed by atoms with van der Waals surface area (Å²) in [7, 11) is 0. The Morgan fingerprint density at radius 2 is 2.05 bits per heavy atom. The Morgan fingerprint density at radius 1 is 1.42 bits per heavy atom. The summed E-state index contributed by atoms with van der Waals surface area (Å²) in [5.41, 5.74) is -0.970. The summed E-state index contributed by atoms with van der Waals surface area (Å²) < 4.78 is 39.7. The van der Waals surface area contributed by atoms with Crippen LogP contribution in [-0.2, 0) is 14.3 Å². The minimum atomic E-state index is -4.40. The molecule has 5 nitrogen and oxygen atoms in total. The Hall–Kier alpha value is -1.31. The SMILES string of the molecule is C[C@]1(C(=O)O)CCN(C(=O)CCOCC(F)(F)F)C1. The van der Waals surface area contributed by atoms with E-state index in [2.05, 4.69) is 4.74 Å². The molecule has 1 fully saturated rings. The molecule has 8 heteroatoms. The van der Waals surface area contributed by atoms with Crippen molar-refractivity contribution in [3.05, 3.63) is 0 Å². The molecule has 1 aliphatic rings. The molecule has 1 atom stereocenters. The van der Waals surface area contributed by atoms with E-state index in [1.54, 1.807) is 6.92 Å². The Kier molecular flexibility index (Phi) is 4.78. The Labute approximate surface area is 108 Å². The van der Waals surface area contributed by atoms with Gasteiger partial charge in [-0.2, -0.15) is 13.2 Å². The molecular weight excluding hydrogens is 267 g/mol. The van der Waals surface area contributed by atoms with Gasteiger partial charge in [0, 0.05) is 13.1 Å². The third kappa shape index (κ3) is 4.70.